The standard InChI is InChI=1S/C25H30Cl2N2O2SSi/c1-25(2,11-8-7-9-12-26)29-23(30)24(32-3)31-20-15-19-14-18(10-13-33(4,5)6)17-28-22(19)21(27)16-20/h14-17,24H,7,9,12H2,1-6H3,(H,29,30). The number of alkyl halides is 1. The number of rotatable bonds is 7. The first-order chi connectivity index (χ1) is 15.4. The molecule has 0 radical (unpaired) electrons. The molecule has 0 aliphatic rings. The van der Waals surface area contributed by atoms with Crippen LogP contribution in [0.25, 0.3) is 10.9 Å². The number of nitrogens with zero attached hydrogens (tertiary/aromatic N) is 1. The number of ether oxygens (including phenoxy) is 1. The van der Waals surface area contributed by atoms with E-state index in [9.17, 15) is 4.79 Å². The summed E-state index contributed by atoms with van der Waals surface area (Å²) in [7, 11) is -1.50. The van der Waals surface area contributed by atoms with Gasteiger partial charge in [0.15, 0.2) is 0 Å². The monoisotopic (exact) mass is 520 g/mol. The van der Waals surface area contributed by atoms with Crippen molar-refractivity contribution in [3.63, 3.8) is 0 Å². The lowest BCUT2D eigenvalue weighted by Crippen LogP contribution is -2.47. The van der Waals surface area contributed by atoms with Gasteiger partial charge in [0.2, 0.25) is 5.44 Å². The van der Waals surface area contributed by atoms with Crippen LogP contribution >= 0.6 is 35.0 Å². The Labute approximate surface area is 212 Å². The highest BCUT2D eigenvalue weighted by atomic mass is 35.5. The molecule has 1 aromatic carbocycles. The quantitative estimate of drug-likeness (QED) is 0.157. The van der Waals surface area contributed by atoms with Crippen molar-refractivity contribution in [3.05, 3.63) is 35.0 Å². The molecule has 1 atom stereocenters. The zero-order chi connectivity index (χ0) is 24.6. The molecule has 4 nitrogen and oxygen atoms in total. The summed E-state index contributed by atoms with van der Waals surface area (Å²) in [5, 5.41) is 4.21. The van der Waals surface area contributed by atoms with Crippen molar-refractivity contribution in [1.82, 2.24) is 10.3 Å². The molecule has 1 amide bonds. The molecule has 0 saturated carbocycles. The van der Waals surface area contributed by atoms with Crippen molar-refractivity contribution in [3.8, 4) is 29.1 Å². The Hall–Kier alpha value is -1.83. The lowest BCUT2D eigenvalue weighted by molar-refractivity contribution is -0.125. The van der Waals surface area contributed by atoms with E-state index in [0.29, 0.717) is 28.6 Å². The first kappa shape index (κ1) is 27.4. The molecular weight excluding hydrogens is 491 g/mol. The van der Waals surface area contributed by atoms with Crippen LogP contribution in [-0.2, 0) is 4.79 Å². The van der Waals surface area contributed by atoms with E-state index in [1.807, 2.05) is 32.2 Å². The first-order valence-corrected chi connectivity index (χ1v) is 16.3. The van der Waals surface area contributed by atoms with Gasteiger partial charge >= 0.3 is 0 Å². The van der Waals surface area contributed by atoms with Crippen molar-refractivity contribution < 1.29 is 9.53 Å². The molecular formula is C25H30Cl2N2O2SSi. The van der Waals surface area contributed by atoms with Gasteiger partial charge < -0.3 is 10.1 Å². The van der Waals surface area contributed by atoms with Crippen molar-refractivity contribution >= 4 is 59.8 Å². The summed E-state index contributed by atoms with van der Waals surface area (Å²) in [5.41, 5.74) is 3.39. The van der Waals surface area contributed by atoms with Gasteiger partial charge in [0.25, 0.3) is 5.91 Å². The number of amides is 1. The van der Waals surface area contributed by atoms with Gasteiger partial charge in [0.1, 0.15) is 13.8 Å². The second kappa shape index (κ2) is 12.0. The van der Waals surface area contributed by atoms with Crippen molar-refractivity contribution in [1.29, 1.82) is 0 Å². The van der Waals surface area contributed by atoms with Crippen molar-refractivity contribution in [2.75, 3.05) is 12.1 Å². The highest BCUT2D eigenvalue weighted by molar-refractivity contribution is 7.99. The molecule has 1 aromatic heterocycles. The van der Waals surface area contributed by atoms with E-state index >= 15 is 0 Å². The van der Waals surface area contributed by atoms with Gasteiger partial charge in [-0.3, -0.25) is 9.78 Å². The summed E-state index contributed by atoms with van der Waals surface area (Å²) in [6.07, 6.45) is 5.06. The fourth-order valence-electron chi connectivity index (χ4n) is 2.74. The number of thioether (sulfide) groups is 1. The maximum Gasteiger partial charge on any atom is 0.272 e. The zero-order valence-corrected chi connectivity index (χ0v) is 23.3. The predicted molar refractivity (Wildman–Crippen MR) is 145 cm³/mol. The minimum absolute atomic E-state index is 0.261. The van der Waals surface area contributed by atoms with E-state index in [0.717, 1.165) is 17.4 Å². The number of hydrogen-bond acceptors (Lipinski definition) is 4. The molecule has 8 heteroatoms. The van der Waals surface area contributed by atoms with Crippen LogP contribution in [0.1, 0.15) is 32.3 Å². The Morgan fingerprint density at radius 2 is 2.03 bits per heavy atom. The number of halogens is 2. The number of unbranched alkanes of at least 4 members (excludes halogenated alkanes) is 1. The first-order valence-electron chi connectivity index (χ1n) is 10.6. The normalized spacial score (nSPS) is 12.2. The van der Waals surface area contributed by atoms with E-state index in [4.69, 9.17) is 27.9 Å². The third-order valence-electron chi connectivity index (χ3n) is 4.24. The summed E-state index contributed by atoms with van der Waals surface area (Å²) in [6.45, 7) is 10.3. The number of fused-ring (bicyclic) bond motifs is 1. The lowest BCUT2D eigenvalue weighted by Gasteiger charge is -2.24. The van der Waals surface area contributed by atoms with Crippen LogP contribution in [0.4, 0.5) is 0 Å². The van der Waals surface area contributed by atoms with Gasteiger partial charge in [-0.15, -0.1) is 34.8 Å². The van der Waals surface area contributed by atoms with E-state index < -0.39 is 19.0 Å². The number of benzene rings is 1. The predicted octanol–water partition coefficient (Wildman–Crippen LogP) is 6.10. The minimum atomic E-state index is -1.50. The zero-order valence-electron chi connectivity index (χ0n) is 19.9. The molecule has 2 aromatic rings. The molecule has 0 bridgehead atoms. The van der Waals surface area contributed by atoms with Crippen molar-refractivity contribution in [2.45, 2.75) is 57.3 Å². The molecule has 1 N–H and O–H groups in total. The van der Waals surface area contributed by atoms with Gasteiger partial charge in [0.05, 0.1) is 16.1 Å². The Bertz CT molecular complexity index is 1120. The topological polar surface area (TPSA) is 51.2 Å². The number of hydrogen-bond donors (Lipinski definition) is 1. The van der Waals surface area contributed by atoms with E-state index in [1.165, 1.54) is 11.8 Å². The average Bonchev–Trinajstić information content (AvgIpc) is 2.72. The van der Waals surface area contributed by atoms with Crippen LogP contribution in [0.5, 0.6) is 5.75 Å². The number of carbonyl (C=O) groups is 1. The number of pyridine rings is 1. The number of carbonyl (C=O) groups excluding carboxylic acids is 1. The fraction of sp³-hybridized carbons (Fsp3) is 0.440. The van der Waals surface area contributed by atoms with Gasteiger partial charge in [0, 0.05) is 35.5 Å². The van der Waals surface area contributed by atoms with Crippen LogP contribution in [0, 0.1) is 23.3 Å². The van der Waals surface area contributed by atoms with Crippen LogP contribution < -0.4 is 10.1 Å². The van der Waals surface area contributed by atoms with Gasteiger partial charge in [-0.25, -0.2) is 0 Å². The maximum atomic E-state index is 12.9. The summed E-state index contributed by atoms with van der Waals surface area (Å²) in [5.74, 6) is 10.2. The second-order valence-electron chi connectivity index (χ2n) is 9.09. The molecule has 33 heavy (non-hydrogen) atoms. The van der Waals surface area contributed by atoms with Crippen LogP contribution in [-0.4, -0.2) is 42.1 Å². The maximum absolute atomic E-state index is 12.9. The van der Waals surface area contributed by atoms with Crippen LogP contribution in [0.2, 0.25) is 24.7 Å². The summed E-state index contributed by atoms with van der Waals surface area (Å²) in [4.78, 5) is 17.3. The van der Waals surface area contributed by atoms with Crippen LogP contribution in [0.15, 0.2) is 24.4 Å². The summed E-state index contributed by atoms with van der Waals surface area (Å²) < 4.78 is 6.00. The highest BCUT2D eigenvalue weighted by Gasteiger charge is 2.26. The molecule has 0 aliphatic carbocycles. The number of aromatic nitrogens is 1. The Morgan fingerprint density at radius 3 is 2.67 bits per heavy atom. The van der Waals surface area contributed by atoms with Crippen LogP contribution in [0.3, 0.4) is 0 Å². The van der Waals surface area contributed by atoms with E-state index in [-0.39, 0.29) is 5.91 Å². The Morgan fingerprint density at radius 1 is 1.30 bits per heavy atom. The Kier molecular flexibility index (Phi) is 10.0. The van der Waals surface area contributed by atoms with E-state index in [2.05, 4.69) is 53.2 Å². The SMILES string of the molecule is CSC(Oc1cc(Cl)c2ncc(C#C[Si](C)(C)C)cc2c1)C(=O)NC(C)(C)C#CCCCCl. The lowest BCUT2D eigenvalue weighted by atomic mass is 10.1. The minimum Gasteiger partial charge on any atom is -0.470 e. The molecule has 0 fully saturated rings. The molecule has 0 saturated heterocycles. The second-order valence-corrected chi connectivity index (χ2v) is 15.5. The largest absolute Gasteiger partial charge is 0.470 e. The fourth-order valence-corrected chi connectivity index (χ4v) is 4.14. The van der Waals surface area contributed by atoms with Gasteiger partial charge in [-0.05, 0) is 38.7 Å². The molecule has 0 spiro atoms. The van der Waals surface area contributed by atoms with Gasteiger partial charge in [-0.2, -0.15) is 0 Å². The third-order valence-corrected chi connectivity index (χ3v) is 6.40. The summed E-state index contributed by atoms with van der Waals surface area (Å²) >= 11 is 13.4. The smallest absolute Gasteiger partial charge is 0.272 e. The Balaban J connectivity index is 2.23. The molecule has 1 heterocycles. The summed E-state index contributed by atoms with van der Waals surface area (Å²) in [6, 6.07) is 5.46. The van der Waals surface area contributed by atoms with Crippen molar-refractivity contribution in [2.24, 2.45) is 0 Å². The third kappa shape index (κ3) is 9.14. The molecule has 2 rings (SSSR count). The average molecular weight is 522 g/mol. The molecule has 1 unspecified atom stereocenters. The highest BCUT2D eigenvalue weighted by Crippen LogP contribution is 2.30. The van der Waals surface area contributed by atoms with Gasteiger partial charge in [-0.1, -0.05) is 43.1 Å². The van der Waals surface area contributed by atoms with E-state index in [1.54, 1.807) is 12.3 Å². The molecule has 0 aliphatic heterocycles. The molecule has 176 valence electrons. The number of nitrogens with one attached hydrogen (secondary N) is 1.